The molecule has 2 amide bonds. The Labute approximate surface area is 206 Å². The summed E-state index contributed by atoms with van der Waals surface area (Å²) < 4.78 is 10.5. The van der Waals surface area contributed by atoms with E-state index >= 15 is 0 Å². The summed E-state index contributed by atoms with van der Waals surface area (Å²) in [7, 11) is 1.31. The molecular weight excluding hydrogens is 472 g/mol. The predicted octanol–water partition coefficient (Wildman–Crippen LogP) is 4.91. The Kier molecular flexibility index (Phi) is 6.93. The Morgan fingerprint density at radius 2 is 1.63 bits per heavy atom. The maximum Gasteiger partial charge on any atom is 0.407 e. The lowest BCUT2D eigenvalue weighted by molar-refractivity contribution is -0.117. The molecule has 1 atom stereocenters. The second-order valence-electron chi connectivity index (χ2n) is 8.02. The fraction of sp³-hybridized carbons (Fsp3) is 0.192. The summed E-state index contributed by atoms with van der Waals surface area (Å²) in [5.41, 5.74) is 4.42. The highest BCUT2D eigenvalue weighted by Gasteiger charge is 2.29. The fourth-order valence-corrected chi connectivity index (χ4v) is 4.32. The normalized spacial score (nSPS) is 12.8. The van der Waals surface area contributed by atoms with Gasteiger partial charge in [-0.2, -0.15) is 0 Å². The molecule has 8 nitrogen and oxygen atoms in total. The Balaban J connectivity index is 1.38. The minimum absolute atomic E-state index is 0.0184. The fourth-order valence-electron chi connectivity index (χ4n) is 4.11. The van der Waals surface area contributed by atoms with Crippen molar-refractivity contribution in [2.24, 2.45) is 0 Å². The number of ether oxygens (including phenoxy) is 2. The van der Waals surface area contributed by atoms with Gasteiger partial charge in [0.05, 0.1) is 17.8 Å². The number of aromatic carboxylic acids is 1. The average Bonchev–Trinajstić information content (AvgIpc) is 3.17. The van der Waals surface area contributed by atoms with Gasteiger partial charge in [0, 0.05) is 12.0 Å². The summed E-state index contributed by atoms with van der Waals surface area (Å²) in [5.74, 6) is -1.84. The van der Waals surface area contributed by atoms with E-state index in [9.17, 15) is 19.5 Å². The summed E-state index contributed by atoms with van der Waals surface area (Å²) in [4.78, 5) is 36.4. The van der Waals surface area contributed by atoms with Crippen molar-refractivity contribution >= 4 is 35.3 Å². The molecule has 0 unspecified atom stereocenters. The van der Waals surface area contributed by atoms with E-state index in [2.05, 4.69) is 10.6 Å². The zero-order valence-electron chi connectivity index (χ0n) is 19.0. The van der Waals surface area contributed by atoms with Crippen LogP contribution in [-0.2, 0) is 9.53 Å². The number of alkyl carbamates (subject to hydrolysis) is 1. The molecule has 3 aromatic rings. The zero-order valence-corrected chi connectivity index (χ0v) is 19.8. The van der Waals surface area contributed by atoms with Gasteiger partial charge in [-0.25, -0.2) is 9.59 Å². The topological polar surface area (TPSA) is 114 Å². The van der Waals surface area contributed by atoms with Crippen LogP contribution in [0.15, 0.2) is 60.7 Å². The number of carboxylic acid groups (broad SMARTS) is 1. The first-order chi connectivity index (χ1) is 16.8. The minimum atomic E-state index is -1.22. The number of rotatable bonds is 7. The maximum atomic E-state index is 12.6. The van der Waals surface area contributed by atoms with Gasteiger partial charge in [0.1, 0.15) is 24.0 Å². The number of halogens is 1. The molecule has 1 aliphatic rings. The molecule has 3 aromatic carbocycles. The first kappa shape index (κ1) is 24.1. The van der Waals surface area contributed by atoms with Gasteiger partial charge in [-0.1, -0.05) is 60.1 Å². The second kappa shape index (κ2) is 10.1. The Hall–Kier alpha value is -4.04. The molecule has 0 bridgehead atoms. The number of nitrogens with one attached hydrogen (secondary N) is 2. The monoisotopic (exact) mass is 494 g/mol. The average molecular weight is 495 g/mol. The lowest BCUT2D eigenvalue weighted by atomic mass is 9.98. The number of fused-ring (bicyclic) bond motifs is 3. The van der Waals surface area contributed by atoms with Gasteiger partial charge in [0.2, 0.25) is 5.91 Å². The number of carboxylic acids is 1. The van der Waals surface area contributed by atoms with Gasteiger partial charge in [0.15, 0.2) is 0 Å². The van der Waals surface area contributed by atoms with Crippen LogP contribution in [0.3, 0.4) is 0 Å². The number of anilines is 1. The van der Waals surface area contributed by atoms with E-state index in [-0.39, 0.29) is 34.5 Å². The lowest BCUT2D eigenvalue weighted by Gasteiger charge is -2.18. The van der Waals surface area contributed by atoms with E-state index in [1.54, 1.807) is 0 Å². The van der Waals surface area contributed by atoms with Crippen LogP contribution in [0.25, 0.3) is 11.1 Å². The molecular formula is C26H23ClN2O6. The van der Waals surface area contributed by atoms with Crippen molar-refractivity contribution in [3.8, 4) is 16.9 Å². The first-order valence-electron chi connectivity index (χ1n) is 10.8. The van der Waals surface area contributed by atoms with Crippen molar-refractivity contribution in [2.45, 2.75) is 18.9 Å². The number of hydrogen-bond acceptors (Lipinski definition) is 5. The van der Waals surface area contributed by atoms with Gasteiger partial charge in [-0.15, -0.1) is 0 Å². The minimum Gasteiger partial charge on any atom is -0.496 e. The van der Waals surface area contributed by atoms with Crippen molar-refractivity contribution in [1.29, 1.82) is 0 Å². The second-order valence-corrected chi connectivity index (χ2v) is 8.43. The Morgan fingerprint density at radius 1 is 1.03 bits per heavy atom. The van der Waals surface area contributed by atoms with Crippen LogP contribution in [0.4, 0.5) is 10.5 Å². The van der Waals surface area contributed by atoms with Gasteiger partial charge in [-0.3, -0.25) is 4.79 Å². The molecule has 0 aromatic heterocycles. The Bertz CT molecular complexity index is 1260. The molecule has 1 aliphatic carbocycles. The molecule has 0 aliphatic heterocycles. The van der Waals surface area contributed by atoms with Crippen LogP contribution in [0.2, 0.25) is 5.02 Å². The number of carbonyl (C=O) groups is 3. The van der Waals surface area contributed by atoms with Crippen LogP contribution in [0.1, 0.15) is 34.3 Å². The highest BCUT2D eigenvalue weighted by atomic mass is 35.5. The van der Waals surface area contributed by atoms with Crippen molar-refractivity contribution in [1.82, 2.24) is 5.32 Å². The highest BCUT2D eigenvalue weighted by molar-refractivity contribution is 6.34. The molecule has 9 heteroatoms. The van der Waals surface area contributed by atoms with Gasteiger partial charge < -0.3 is 25.2 Å². The van der Waals surface area contributed by atoms with E-state index in [0.717, 1.165) is 22.3 Å². The van der Waals surface area contributed by atoms with E-state index in [1.807, 2.05) is 48.5 Å². The van der Waals surface area contributed by atoms with Gasteiger partial charge in [-0.05, 0) is 35.2 Å². The summed E-state index contributed by atoms with van der Waals surface area (Å²) in [6.07, 6.45) is -0.737. The number of amides is 2. The molecule has 4 rings (SSSR count). The SMILES string of the molecule is COc1cc(NC(=O)[C@@H](C)NC(=O)OCC2c3ccccc3-c3ccccc32)c(Cl)cc1C(=O)O. The third-order valence-corrected chi connectivity index (χ3v) is 6.16. The van der Waals surface area contributed by atoms with Gasteiger partial charge in [0.25, 0.3) is 0 Å². The first-order valence-corrected chi connectivity index (χ1v) is 11.2. The largest absolute Gasteiger partial charge is 0.496 e. The van der Waals surface area contributed by atoms with Gasteiger partial charge >= 0.3 is 12.1 Å². The van der Waals surface area contributed by atoms with Crippen molar-refractivity contribution < 1.29 is 29.0 Å². The van der Waals surface area contributed by atoms with Crippen LogP contribution in [0, 0.1) is 0 Å². The number of methoxy groups -OCH3 is 1. The quantitative estimate of drug-likeness (QED) is 0.430. The molecule has 0 saturated carbocycles. The smallest absolute Gasteiger partial charge is 0.407 e. The number of hydrogen-bond donors (Lipinski definition) is 3. The predicted molar refractivity (Wildman–Crippen MR) is 131 cm³/mol. The van der Waals surface area contributed by atoms with E-state index < -0.39 is 24.0 Å². The van der Waals surface area contributed by atoms with Crippen LogP contribution < -0.4 is 15.4 Å². The summed E-state index contributed by atoms with van der Waals surface area (Å²) in [6, 6.07) is 17.5. The van der Waals surface area contributed by atoms with Crippen LogP contribution in [-0.4, -0.2) is 42.8 Å². The summed E-state index contributed by atoms with van der Waals surface area (Å²) >= 11 is 6.12. The molecule has 0 heterocycles. The van der Waals surface area contributed by atoms with Crippen molar-refractivity contribution in [3.63, 3.8) is 0 Å². The standard InChI is InChI=1S/C26H23ClN2O6/c1-14(24(30)29-22-12-23(34-2)19(25(31)32)11-21(22)27)28-26(33)35-13-20-17-9-5-3-7-15(17)16-8-4-6-10-18(16)20/h3-12,14,20H,13H2,1-2H3,(H,28,33)(H,29,30)(H,31,32)/t14-/m1/s1. The highest BCUT2D eigenvalue weighted by Crippen LogP contribution is 2.44. The summed E-state index contributed by atoms with van der Waals surface area (Å²) in [5, 5.41) is 14.3. The molecule has 0 fully saturated rings. The molecule has 0 radical (unpaired) electrons. The van der Waals surface area contributed by atoms with Crippen molar-refractivity contribution in [2.75, 3.05) is 19.0 Å². The Morgan fingerprint density at radius 3 is 2.20 bits per heavy atom. The third kappa shape index (κ3) is 4.93. The zero-order chi connectivity index (χ0) is 25.1. The van der Waals surface area contributed by atoms with E-state index in [1.165, 1.54) is 26.2 Å². The summed E-state index contributed by atoms with van der Waals surface area (Å²) in [6.45, 7) is 1.61. The number of carbonyl (C=O) groups excluding carboxylic acids is 2. The molecule has 3 N–H and O–H groups in total. The molecule has 0 saturated heterocycles. The maximum absolute atomic E-state index is 12.6. The third-order valence-electron chi connectivity index (χ3n) is 5.85. The van der Waals surface area contributed by atoms with Crippen LogP contribution in [0.5, 0.6) is 5.75 Å². The van der Waals surface area contributed by atoms with Crippen molar-refractivity contribution in [3.05, 3.63) is 82.4 Å². The van der Waals surface area contributed by atoms with E-state index in [0.29, 0.717) is 0 Å². The van der Waals surface area contributed by atoms with Crippen LogP contribution >= 0.6 is 11.6 Å². The van der Waals surface area contributed by atoms with E-state index in [4.69, 9.17) is 21.1 Å². The molecule has 180 valence electrons. The molecule has 35 heavy (non-hydrogen) atoms. The lowest BCUT2D eigenvalue weighted by Crippen LogP contribution is -2.42. The number of benzene rings is 3. The molecule has 0 spiro atoms.